The topological polar surface area (TPSA) is 84.2 Å². The molecule has 0 saturated heterocycles. The first-order valence-electron chi connectivity index (χ1n) is 12.0. The van der Waals surface area contributed by atoms with E-state index in [0.717, 1.165) is 16.5 Å². The molecule has 0 bridgehead atoms. The third-order valence-corrected chi connectivity index (χ3v) is 7.00. The van der Waals surface area contributed by atoms with Gasteiger partial charge in [0.05, 0.1) is 24.2 Å². The zero-order chi connectivity index (χ0) is 26.8. The van der Waals surface area contributed by atoms with Crippen LogP contribution in [0.5, 0.6) is 23.0 Å². The number of rotatable bonds is 8. The number of ether oxygens (including phenoxy) is 4. The summed E-state index contributed by atoms with van der Waals surface area (Å²) in [6, 6.07) is 14.4. The zero-order valence-electron chi connectivity index (χ0n) is 21.0. The summed E-state index contributed by atoms with van der Waals surface area (Å²) in [5.41, 5.74) is 1.79. The van der Waals surface area contributed by atoms with Crippen molar-refractivity contribution in [3.8, 4) is 23.0 Å². The molecule has 5 rings (SSSR count). The minimum Gasteiger partial charge on any atom is -0.493 e. The molecule has 0 aliphatic carbocycles. The van der Waals surface area contributed by atoms with E-state index in [4.69, 9.17) is 35.5 Å². The van der Waals surface area contributed by atoms with Crippen molar-refractivity contribution in [3.05, 3.63) is 85.3 Å². The van der Waals surface area contributed by atoms with Crippen molar-refractivity contribution in [2.45, 2.75) is 32.8 Å². The van der Waals surface area contributed by atoms with Crippen LogP contribution in [0, 0.1) is 0 Å². The second kappa shape index (κ2) is 11.0. The van der Waals surface area contributed by atoms with Gasteiger partial charge in [-0.15, -0.1) is 0 Å². The lowest BCUT2D eigenvalue weighted by Crippen LogP contribution is -2.23. The molecule has 38 heavy (non-hydrogen) atoms. The number of fused-ring (bicyclic) bond motifs is 2. The number of aromatic nitrogens is 2. The summed E-state index contributed by atoms with van der Waals surface area (Å²) in [6.07, 6.45) is 2.33. The van der Waals surface area contributed by atoms with E-state index in [1.165, 1.54) is 11.8 Å². The molecule has 1 atom stereocenters. The van der Waals surface area contributed by atoms with Gasteiger partial charge < -0.3 is 18.9 Å². The van der Waals surface area contributed by atoms with Crippen LogP contribution in [0.4, 0.5) is 0 Å². The fourth-order valence-corrected chi connectivity index (χ4v) is 4.65. The second-order valence-corrected chi connectivity index (χ2v) is 10.2. The highest BCUT2D eigenvalue weighted by molar-refractivity contribution is 9.10. The normalized spacial score (nSPS) is 13.3. The van der Waals surface area contributed by atoms with Crippen molar-refractivity contribution in [2.75, 3.05) is 13.9 Å². The molecule has 2 heterocycles. The van der Waals surface area contributed by atoms with E-state index in [2.05, 4.69) is 21.0 Å². The van der Waals surface area contributed by atoms with Crippen LogP contribution in [0.2, 0.25) is 5.02 Å². The Hall–Kier alpha value is -3.56. The van der Waals surface area contributed by atoms with E-state index in [9.17, 15) is 4.79 Å². The van der Waals surface area contributed by atoms with Crippen molar-refractivity contribution >= 4 is 44.6 Å². The summed E-state index contributed by atoms with van der Waals surface area (Å²) < 4.78 is 24.7. The predicted molar refractivity (Wildman–Crippen MR) is 150 cm³/mol. The monoisotopic (exact) mass is 597 g/mol. The van der Waals surface area contributed by atoms with E-state index in [1.54, 1.807) is 24.4 Å². The summed E-state index contributed by atoms with van der Waals surface area (Å²) in [7, 11) is 1.54. The molecule has 10 heteroatoms. The van der Waals surface area contributed by atoms with Gasteiger partial charge in [0.15, 0.2) is 23.0 Å². The van der Waals surface area contributed by atoms with Gasteiger partial charge in [-0.1, -0.05) is 47.4 Å². The van der Waals surface area contributed by atoms with Gasteiger partial charge in [-0.25, -0.2) is 4.98 Å². The van der Waals surface area contributed by atoms with Crippen LogP contribution in [0.1, 0.15) is 43.1 Å². The molecule has 4 aromatic rings. The van der Waals surface area contributed by atoms with Crippen LogP contribution in [0.15, 0.2) is 62.9 Å². The first kappa shape index (κ1) is 26.1. The van der Waals surface area contributed by atoms with E-state index >= 15 is 0 Å². The lowest BCUT2D eigenvalue weighted by molar-refractivity contribution is 0.174. The Kier molecular flexibility index (Phi) is 7.58. The zero-order valence-corrected chi connectivity index (χ0v) is 23.4. The Morgan fingerprint density at radius 1 is 1.18 bits per heavy atom. The molecule has 1 aliphatic rings. The minimum atomic E-state index is -0.264. The number of hydrogen-bond donors (Lipinski definition) is 0. The fourth-order valence-electron chi connectivity index (χ4n) is 4.08. The quantitative estimate of drug-likeness (QED) is 0.215. The first-order chi connectivity index (χ1) is 18.4. The molecular formula is C28H25BrClN3O5. The van der Waals surface area contributed by atoms with Crippen LogP contribution in [-0.4, -0.2) is 29.8 Å². The summed E-state index contributed by atoms with van der Waals surface area (Å²) in [5.74, 6) is 2.82. The number of benzene rings is 3. The molecule has 0 spiro atoms. The van der Waals surface area contributed by atoms with Gasteiger partial charge in [-0.3, -0.25) is 4.79 Å². The lowest BCUT2D eigenvalue weighted by Gasteiger charge is -2.16. The third-order valence-electron chi connectivity index (χ3n) is 6.29. The summed E-state index contributed by atoms with van der Waals surface area (Å²) in [5, 5.41) is 5.48. The van der Waals surface area contributed by atoms with Crippen molar-refractivity contribution < 1.29 is 18.9 Å². The van der Waals surface area contributed by atoms with Gasteiger partial charge in [-0.05, 0) is 48.4 Å². The van der Waals surface area contributed by atoms with E-state index in [1.807, 2.05) is 44.2 Å². The molecule has 0 saturated carbocycles. The Balaban J connectivity index is 1.55. The van der Waals surface area contributed by atoms with Crippen LogP contribution in [0.3, 0.4) is 0 Å². The standard InChI is InChI=1S/C28H25BrClN3O5/c1-4-16(2)27-32-22-7-6-19(29)11-21(22)28(34)33(27)31-13-18-10-20(30)12-25(35-3)26(18)36-14-17-5-8-23-24(9-17)38-15-37-23/h5-13,16H,4,14-15H2,1-3H3/t16-/m1/s1. The van der Waals surface area contributed by atoms with Crippen molar-refractivity contribution in [3.63, 3.8) is 0 Å². The smallest absolute Gasteiger partial charge is 0.282 e. The van der Waals surface area contributed by atoms with Crippen LogP contribution >= 0.6 is 27.5 Å². The Labute approximate surface area is 232 Å². The van der Waals surface area contributed by atoms with Gasteiger partial charge in [0.25, 0.3) is 5.56 Å². The maximum atomic E-state index is 13.5. The summed E-state index contributed by atoms with van der Waals surface area (Å²) in [4.78, 5) is 18.3. The highest BCUT2D eigenvalue weighted by Crippen LogP contribution is 2.36. The molecule has 0 radical (unpaired) electrons. The molecule has 0 fully saturated rings. The molecular weight excluding hydrogens is 574 g/mol. The Morgan fingerprint density at radius 2 is 2.00 bits per heavy atom. The van der Waals surface area contributed by atoms with Gasteiger partial charge >= 0.3 is 0 Å². The number of halogens is 2. The molecule has 3 aromatic carbocycles. The van der Waals surface area contributed by atoms with E-state index < -0.39 is 0 Å². The average Bonchev–Trinajstić information content (AvgIpc) is 3.39. The summed E-state index contributed by atoms with van der Waals surface area (Å²) >= 11 is 9.82. The molecule has 0 N–H and O–H groups in total. The van der Waals surface area contributed by atoms with Gasteiger partial charge in [-0.2, -0.15) is 9.78 Å². The number of hydrogen-bond acceptors (Lipinski definition) is 7. The Morgan fingerprint density at radius 3 is 2.79 bits per heavy atom. The largest absolute Gasteiger partial charge is 0.493 e. The van der Waals surface area contributed by atoms with Crippen LogP contribution in [-0.2, 0) is 6.61 Å². The molecule has 196 valence electrons. The first-order valence-corrected chi connectivity index (χ1v) is 13.2. The second-order valence-electron chi connectivity index (χ2n) is 8.80. The minimum absolute atomic E-state index is 0.00326. The molecule has 1 aliphatic heterocycles. The number of methoxy groups -OCH3 is 1. The molecule has 0 unspecified atom stereocenters. The average molecular weight is 599 g/mol. The van der Waals surface area contributed by atoms with E-state index in [-0.39, 0.29) is 24.9 Å². The SMILES string of the molecule is CC[C@@H](C)c1nc2ccc(Br)cc2c(=O)n1N=Cc1cc(Cl)cc(OC)c1OCc1ccc2c(c1)OCO2. The van der Waals surface area contributed by atoms with Gasteiger partial charge in [0.1, 0.15) is 12.4 Å². The summed E-state index contributed by atoms with van der Waals surface area (Å²) in [6.45, 7) is 4.49. The van der Waals surface area contributed by atoms with Crippen molar-refractivity contribution in [1.82, 2.24) is 9.66 Å². The fraction of sp³-hybridized carbons (Fsp3) is 0.250. The highest BCUT2D eigenvalue weighted by Gasteiger charge is 2.18. The van der Waals surface area contributed by atoms with E-state index in [0.29, 0.717) is 50.3 Å². The third kappa shape index (κ3) is 5.21. The van der Waals surface area contributed by atoms with Crippen LogP contribution < -0.4 is 24.5 Å². The Bertz CT molecular complexity index is 1600. The molecule has 8 nitrogen and oxygen atoms in total. The highest BCUT2D eigenvalue weighted by atomic mass is 79.9. The van der Waals surface area contributed by atoms with Crippen LogP contribution in [0.25, 0.3) is 10.9 Å². The van der Waals surface area contributed by atoms with Gasteiger partial charge in [0, 0.05) is 27.0 Å². The molecule has 0 amide bonds. The maximum Gasteiger partial charge on any atom is 0.282 e. The van der Waals surface area contributed by atoms with Gasteiger partial charge in [0.2, 0.25) is 6.79 Å². The molecule has 1 aromatic heterocycles. The lowest BCUT2D eigenvalue weighted by atomic mass is 10.1. The van der Waals surface area contributed by atoms with Crippen molar-refractivity contribution in [2.24, 2.45) is 5.10 Å². The number of nitrogens with zero attached hydrogens (tertiary/aromatic N) is 3. The predicted octanol–water partition coefficient (Wildman–Crippen LogP) is 6.52. The van der Waals surface area contributed by atoms with Crippen molar-refractivity contribution in [1.29, 1.82) is 0 Å². The maximum absolute atomic E-state index is 13.5.